The van der Waals surface area contributed by atoms with Gasteiger partial charge in [0.25, 0.3) is 0 Å². The number of fused-ring (bicyclic) bond motifs is 1. The molecule has 0 aliphatic carbocycles. The first-order valence-electron chi connectivity index (χ1n) is 11.3. The van der Waals surface area contributed by atoms with E-state index in [0.717, 1.165) is 75.3 Å². The molecule has 1 saturated heterocycles. The SMILES string of the molecule is CCNC(=NCc1ccc(N2CCOC(C)C2)nc1)NCCc1ccc2c(c1)CCO2. The average molecular weight is 424 g/mol. The highest BCUT2D eigenvalue weighted by atomic mass is 16.5. The van der Waals surface area contributed by atoms with Crippen molar-refractivity contribution in [2.24, 2.45) is 4.99 Å². The Labute approximate surface area is 184 Å². The summed E-state index contributed by atoms with van der Waals surface area (Å²) in [5.41, 5.74) is 3.74. The molecule has 1 aromatic heterocycles. The molecule has 166 valence electrons. The molecular weight excluding hydrogens is 390 g/mol. The van der Waals surface area contributed by atoms with Crippen molar-refractivity contribution in [3.05, 3.63) is 53.2 Å². The highest BCUT2D eigenvalue weighted by Crippen LogP contribution is 2.25. The number of hydrogen-bond donors (Lipinski definition) is 2. The molecule has 3 heterocycles. The van der Waals surface area contributed by atoms with Crippen LogP contribution in [0.2, 0.25) is 0 Å². The van der Waals surface area contributed by atoms with E-state index < -0.39 is 0 Å². The third kappa shape index (κ3) is 5.88. The molecule has 4 rings (SSSR count). The van der Waals surface area contributed by atoms with E-state index in [1.807, 2.05) is 6.20 Å². The molecule has 1 unspecified atom stereocenters. The van der Waals surface area contributed by atoms with Crippen LogP contribution in [0.4, 0.5) is 5.82 Å². The van der Waals surface area contributed by atoms with Crippen LogP contribution >= 0.6 is 0 Å². The average Bonchev–Trinajstić information content (AvgIpc) is 3.26. The maximum atomic E-state index is 5.61. The van der Waals surface area contributed by atoms with Crippen LogP contribution in [0.25, 0.3) is 0 Å². The summed E-state index contributed by atoms with van der Waals surface area (Å²) in [6.45, 7) is 9.77. The first-order valence-corrected chi connectivity index (χ1v) is 11.3. The number of pyridine rings is 1. The number of nitrogens with one attached hydrogen (secondary N) is 2. The number of aliphatic imine (C=N–C) groups is 1. The number of guanidine groups is 1. The van der Waals surface area contributed by atoms with Crippen LogP contribution in [-0.2, 0) is 24.1 Å². The number of ether oxygens (including phenoxy) is 2. The van der Waals surface area contributed by atoms with E-state index in [9.17, 15) is 0 Å². The Kier molecular flexibility index (Phi) is 7.25. The molecule has 2 aliphatic rings. The summed E-state index contributed by atoms with van der Waals surface area (Å²) in [5.74, 6) is 2.88. The van der Waals surface area contributed by atoms with E-state index in [1.54, 1.807) is 0 Å². The minimum Gasteiger partial charge on any atom is -0.493 e. The molecule has 1 fully saturated rings. The van der Waals surface area contributed by atoms with Crippen molar-refractivity contribution in [3.63, 3.8) is 0 Å². The molecule has 1 aromatic carbocycles. The van der Waals surface area contributed by atoms with Crippen molar-refractivity contribution in [1.29, 1.82) is 0 Å². The van der Waals surface area contributed by atoms with Crippen molar-refractivity contribution >= 4 is 11.8 Å². The maximum absolute atomic E-state index is 5.61. The standard InChI is InChI=1S/C24H33N5O2/c1-3-25-24(26-10-8-19-4-6-22-21(14-19)9-12-31-22)28-16-20-5-7-23(27-15-20)29-11-13-30-18(2)17-29/h4-7,14-15,18H,3,8-13,16-17H2,1-2H3,(H2,25,26,28). The lowest BCUT2D eigenvalue weighted by atomic mass is 10.1. The van der Waals surface area contributed by atoms with Crippen LogP contribution in [0.15, 0.2) is 41.5 Å². The fourth-order valence-corrected chi connectivity index (χ4v) is 3.96. The summed E-state index contributed by atoms with van der Waals surface area (Å²) < 4.78 is 11.2. The van der Waals surface area contributed by atoms with Gasteiger partial charge in [0.05, 0.1) is 25.9 Å². The second-order valence-corrected chi connectivity index (χ2v) is 8.06. The number of nitrogens with zero attached hydrogens (tertiary/aromatic N) is 3. The van der Waals surface area contributed by atoms with Gasteiger partial charge in [0, 0.05) is 38.8 Å². The summed E-state index contributed by atoms with van der Waals surface area (Å²) in [6, 6.07) is 10.7. The van der Waals surface area contributed by atoms with Gasteiger partial charge in [-0.05, 0) is 49.1 Å². The van der Waals surface area contributed by atoms with Gasteiger partial charge in [0.1, 0.15) is 11.6 Å². The summed E-state index contributed by atoms with van der Waals surface area (Å²) in [4.78, 5) is 11.6. The number of anilines is 1. The third-order valence-electron chi connectivity index (χ3n) is 5.60. The Bertz CT molecular complexity index is 884. The maximum Gasteiger partial charge on any atom is 0.191 e. The second kappa shape index (κ2) is 10.5. The predicted octanol–water partition coefficient (Wildman–Crippen LogP) is 2.54. The Balaban J connectivity index is 1.29. The fraction of sp³-hybridized carbons (Fsp3) is 0.500. The number of rotatable bonds is 7. The van der Waals surface area contributed by atoms with Gasteiger partial charge < -0.3 is 25.0 Å². The number of benzene rings is 1. The first kappa shape index (κ1) is 21.4. The number of hydrogen-bond acceptors (Lipinski definition) is 5. The van der Waals surface area contributed by atoms with E-state index in [-0.39, 0.29) is 6.10 Å². The van der Waals surface area contributed by atoms with Crippen molar-refractivity contribution < 1.29 is 9.47 Å². The molecule has 1 atom stereocenters. The molecule has 7 nitrogen and oxygen atoms in total. The Hall–Kier alpha value is -2.80. The van der Waals surface area contributed by atoms with Gasteiger partial charge in [-0.2, -0.15) is 0 Å². The number of morpholine rings is 1. The molecule has 2 aliphatic heterocycles. The van der Waals surface area contributed by atoms with E-state index in [4.69, 9.17) is 14.5 Å². The van der Waals surface area contributed by atoms with Gasteiger partial charge in [0.15, 0.2) is 5.96 Å². The van der Waals surface area contributed by atoms with Crippen molar-refractivity contribution in [2.45, 2.75) is 39.3 Å². The van der Waals surface area contributed by atoms with Crippen LogP contribution in [0.3, 0.4) is 0 Å². The van der Waals surface area contributed by atoms with E-state index in [2.05, 4.69) is 64.7 Å². The fourth-order valence-electron chi connectivity index (χ4n) is 3.96. The summed E-state index contributed by atoms with van der Waals surface area (Å²) in [6.07, 6.45) is 4.14. The molecule has 2 aromatic rings. The molecular formula is C24H33N5O2. The van der Waals surface area contributed by atoms with Gasteiger partial charge in [-0.15, -0.1) is 0 Å². The van der Waals surface area contributed by atoms with Gasteiger partial charge >= 0.3 is 0 Å². The molecule has 0 radical (unpaired) electrons. The first-order chi connectivity index (χ1) is 15.2. The highest BCUT2D eigenvalue weighted by molar-refractivity contribution is 5.79. The summed E-state index contributed by atoms with van der Waals surface area (Å²) in [7, 11) is 0. The topological polar surface area (TPSA) is 71.0 Å². The van der Waals surface area contributed by atoms with Gasteiger partial charge in [-0.25, -0.2) is 9.98 Å². The second-order valence-electron chi connectivity index (χ2n) is 8.06. The van der Waals surface area contributed by atoms with Crippen LogP contribution in [0.5, 0.6) is 5.75 Å². The normalized spacial score (nSPS) is 18.5. The molecule has 0 amide bonds. The molecule has 0 saturated carbocycles. The third-order valence-corrected chi connectivity index (χ3v) is 5.60. The zero-order valence-electron chi connectivity index (χ0n) is 18.6. The van der Waals surface area contributed by atoms with Crippen molar-refractivity contribution in [2.75, 3.05) is 44.3 Å². The number of aromatic nitrogens is 1. The summed E-state index contributed by atoms with van der Waals surface area (Å²) in [5, 5.41) is 6.77. The highest BCUT2D eigenvalue weighted by Gasteiger charge is 2.17. The molecule has 2 N–H and O–H groups in total. The van der Waals surface area contributed by atoms with Crippen LogP contribution in [0.1, 0.15) is 30.5 Å². The van der Waals surface area contributed by atoms with Crippen LogP contribution in [0, 0.1) is 0 Å². The zero-order valence-corrected chi connectivity index (χ0v) is 18.6. The minimum atomic E-state index is 0.249. The molecule has 7 heteroatoms. The van der Waals surface area contributed by atoms with Crippen molar-refractivity contribution in [3.8, 4) is 5.75 Å². The molecule has 0 bridgehead atoms. The summed E-state index contributed by atoms with van der Waals surface area (Å²) >= 11 is 0. The van der Waals surface area contributed by atoms with Gasteiger partial charge in [0.2, 0.25) is 0 Å². The Morgan fingerprint density at radius 3 is 2.90 bits per heavy atom. The molecule has 0 spiro atoms. The van der Waals surface area contributed by atoms with Crippen molar-refractivity contribution in [1.82, 2.24) is 15.6 Å². The molecule has 31 heavy (non-hydrogen) atoms. The van der Waals surface area contributed by atoms with E-state index in [0.29, 0.717) is 6.54 Å². The zero-order chi connectivity index (χ0) is 21.5. The largest absolute Gasteiger partial charge is 0.493 e. The Morgan fingerprint density at radius 1 is 1.19 bits per heavy atom. The quantitative estimate of drug-likeness (QED) is 0.527. The van der Waals surface area contributed by atoms with Gasteiger partial charge in [-0.1, -0.05) is 18.2 Å². The smallest absolute Gasteiger partial charge is 0.191 e. The monoisotopic (exact) mass is 423 g/mol. The van der Waals surface area contributed by atoms with E-state index in [1.165, 1.54) is 11.1 Å². The predicted molar refractivity (Wildman–Crippen MR) is 124 cm³/mol. The lowest BCUT2D eigenvalue weighted by molar-refractivity contribution is 0.0529. The lowest BCUT2D eigenvalue weighted by Crippen LogP contribution is -2.41. The van der Waals surface area contributed by atoms with Crippen LogP contribution < -0.4 is 20.3 Å². The van der Waals surface area contributed by atoms with E-state index >= 15 is 0 Å². The lowest BCUT2D eigenvalue weighted by Gasteiger charge is -2.32. The van der Waals surface area contributed by atoms with Gasteiger partial charge in [-0.3, -0.25) is 0 Å². The van der Waals surface area contributed by atoms with Crippen LogP contribution in [-0.4, -0.2) is 56.4 Å². The Morgan fingerprint density at radius 2 is 2.10 bits per heavy atom. The minimum absolute atomic E-state index is 0.249.